The SMILES string of the molecule is C=CCCOC(C)C(=O)Nc1ccc(S(=O)(=O)N(C)C2CCCCC2)cc1. The molecule has 1 unspecified atom stereocenters. The van der Waals surface area contributed by atoms with Crippen molar-refractivity contribution in [3.8, 4) is 0 Å². The summed E-state index contributed by atoms with van der Waals surface area (Å²) in [5.41, 5.74) is 0.540. The number of carbonyl (C=O) groups excluding carboxylic acids is 1. The van der Waals surface area contributed by atoms with E-state index in [1.807, 2.05) is 0 Å². The smallest absolute Gasteiger partial charge is 0.253 e. The summed E-state index contributed by atoms with van der Waals surface area (Å²) < 4.78 is 32.6. The number of hydrogen-bond acceptors (Lipinski definition) is 4. The van der Waals surface area contributed by atoms with Gasteiger partial charge in [-0.3, -0.25) is 4.79 Å². The molecule has 0 radical (unpaired) electrons. The molecule has 150 valence electrons. The number of ether oxygens (including phenoxy) is 1. The maximum absolute atomic E-state index is 12.8. The van der Waals surface area contributed by atoms with Crippen molar-refractivity contribution >= 4 is 21.6 Å². The highest BCUT2D eigenvalue weighted by molar-refractivity contribution is 7.89. The molecule has 1 amide bonds. The van der Waals surface area contributed by atoms with E-state index in [4.69, 9.17) is 4.74 Å². The normalized spacial score (nSPS) is 16.9. The summed E-state index contributed by atoms with van der Waals surface area (Å²) in [6.07, 6.45) is 6.96. The molecule has 0 heterocycles. The van der Waals surface area contributed by atoms with Crippen LogP contribution in [0, 0.1) is 0 Å². The van der Waals surface area contributed by atoms with Crippen molar-refractivity contribution in [2.45, 2.75) is 62.5 Å². The van der Waals surface area contributed by atoms with Gasteiger partial charge in [-0.05, 0) is 50.5 Å². The van der Waals surface area contributed by atoms with Gasteiger partial charge < -0.3 is 10.1 Å². The van der Waals surface area contributed by atoms with Gasteiger partial charge in [0.2, 0.25) is 10.0 Å². The van der Waals surface area contributed by atoms with Gasteiger partial charge in [0.25, 0.3) is 5.91 Å². The van der Waals surface area contributed by atoms with Gasteiger partial charge in [0.1, 0.15) is 6.10 Å². The fourth-order valence-corrected chi connectivity index (χ4v) is 4.58. The molecule has 1 aromatic rings. The number of nitrogens with zero attached hydrogens (tertiary/aromatic N) is 1. The lowest BCUT2D eigenvalue weighted by Gasteiger charge is -2.30. The summed E-state index contributed by atoms with van der Waals surface area (Å²) in [4.78, 5) is 12.4. The molecule has 1 aliphatic rings. The van der Waals surface area contributed by atoms with Gasteiger partial charge in [0.05, 0.1) is 11.5 Å². The average Bonchev–Trinajstić information content (AvgIpc) is 2.68. The van der Waals surface area contributed by atoms with Crippen LogP contribution in [0.5, 0.6) is 0 Å². The third kappa shape index (κ3) is 5.89. The second kappa shape index (κ2) is 10.0. The van der Waals surface area contributed by atoms with E-state index in [-0.39, 0.29) is 16.8 Å². The Morgan fingerprint density at radius 2 is 1.93 bits per heavy atom. The van der Waals surface area contributed by atoms with E-state index >= 15 is 0 Å². The van der Waals surface area contributed by atoms with E-state index in [9.17, 15) is 13.2 Å². The number of nitrogens with one attached hydrogen (secondary N) is 1. The van der Waals surface area contributed by atoms with E-state index in [2.05, 4.69) is 11.9 Å². The van der Waals surface area contributed by atoms with Crippen LogP contribution in [0.2, 0.25) is 0 Å². The van der Waals surface area contributed by atoms with E-state index in [0.29, 0.717) is 18.7 Å². The lowest BCUT2D eigenvalue weighted by Crippen LogP contribution is -2.38. The Balaban J connectivity index is 1.99. The van der Waals surface area contributed by atoms with Crippen molar-refractivity contribution in [1.82, 2.24) is 4.31 Å². The van der Waals surface area contributed by atoms with Gasteiger partial charge in [-0.1, -0.05) is 25.3 Å². The third-order valence-electron chi connectivity index (χ3n) is 4.95. The number of benzene rings is 1. The second-order valence-electron chi connectivity index (χ2n) is 6.92. The number of hydrogen-bond donors (Lipinski definition) is 1. The second-order valence-corrected chi connectivity index (χ2v) is 8.91. The van der Waals surface area contributed by atoms with Crippen LogP contribution in [-0.4, -0.2) is 44.4 Å². The molecule has 1 aliphatic carbocycles. The third-order valence-corrected chi connectivity index (χ3v) is 6.87. The van der Waals surface area contributed by atoms with E-state index in [1.54, 1.807) is 32.2 Å². The van der Waals surface area contributed by atoms with E-state index in [1.165, 1.54) is 22.9 Å². The Morgan fingerprint density at radius 3 is 2.52 bits per heavy atom. The van der Waals surface area contributed by atoms with Crippen molar-refractivity contribution in [2.24, 2.45) is 0 Å². The highest BCUT2D eigenvalue weighted by Crippen LogP contribution is 2.27. The highest BCUT2D eigenvalue weighted by Gasteiger charge is 2.29. The molecule has 1 aromatic carbocycles. The molecule has 0 saturated heterocycles. The van der Waals surface area contributed by atoms with Crippen LogP contribution in [-0.2, 0) is 19.6 Å². The Labute approximate surface area is 162 Å². The molecule has 1 atom stereocenters. The Hall–Kier alpha value is -1.70. The van der Waals surface area contributed by atoms with Gasteiger partial charge in [0.15, 0.2) is 0 Å². The van der Waals surface area contributed by atoms with E-state index in [0.717, 1.165) is 25.7 Å². The number of sulfonamides is 1. The van der Waals surface area contributed by atoms with Crippen LogP contribution >= 0.6 is 0 Å². The zero-order valence-electron chi connectivity index (χ0n) is 16.2. The maximum atomic E-state index is 12.8. The van der Waals surface area contributed by atoms with Crippen LogP contribution in [0.1, 0.15) is 45.4 Å². The summed E-state index contributed by atoms with van der Waals surface area (Å²) in [5.74, 6) is -0.269. The fourth-order valence-electron chi connectivity index (χ4n) is 3.17. The average molecular weight is 395 g/mol. The first kappa shape index (κ1) is 21.6. The molecule has 7 heteroatoms. The van der Waals surface area contributed by atoms with Gasteiger partial charge in [0, 0.05) is 18.8 Å². The summed E-state index contributed by atoms with van der Waals surface area (Å²) in [6.45, 7) is 5.72. The van der Waals surface area contributed by atoms with Crippen LogP contribution in [0.15, 0.2) is 41.8 Å². The largest absolute Gasteiger partial charge is 0.368 e. The molecule has 1 saturated carbocycles. The first-order valence-corrected chi connectivity index (χ1v) is 10.9. The van der Waals surface area contributed by atoms with Crippen LogP contribution in [0.3, 0.4) is 0 Å². The van der Waals surface area contributed by atoms with Crippen molar-refractivity contribution in [3.05, 3.63) is 36.9 Å². The Bertz CT molecular complexity index is 725. The summed E-state index contributed by atoms with van der Waals surface area (Å²) in [5, 5.41) is 2.74. The predicted octanol–water partition coefficient (Wildman–Crippen LogP) is 3.56. The van der Waals surface area contributed by atoms with Crippen molar-refractivity contribution in [3.63, 3.8) is 0 Å². The number of anilines is 1. The minimum absolute atomic E-state index is 0.0664. The molecule has 6 nitrogen and oxygen atoms in total. The van der Waals surface area contributed by atoms with Crippen molar-refractivity contribution in [1.29, 1.82) is 0 Å². The van der Waals surface area contributed by atoms with E-state index < -0.39 is 16.1 Å². The Kier molecular flexibility index (Phi) is 8.01. The van der Waals surface area contributed by atoms with Gasteiger partial charge in [-0.2, -0.15) is 4.31 Å². The van der Waals surface area contributed by atoms with Crippen LogP contribution in [0.25, 0.3) is 0 Å². The Morgan fingerprint density at radius 1 is 1.30 bits per heavy atom. The first-order valence-electron chi connectivity index (χ1n) is 9.47. The fraction of sp³-hybridized carbons (Fsp3) is 0.550. The molecule has 1 fully saturated rings. The predicted molar refractivity (Wildman–Crippen MR) is 107 cm³/mol. The molecule has 0 aliphatic heterocycles. The summed E-state index contributed by atoms with van der Waals surface area (Å²) in [7, 11) is -1.87. The lowest BCUT2D eigenvalue weighted by molar-refractivity contribution is -0.126. The molecule has 0 bridgehead atoms. The molecule has 27 heavy (non-hydrogen) atoms. The number of rotatable bonds is 9. The van der Waals surface area contributed by atoms with Crippen molar-refractivity contribution < 1.29 is 17.9 Å². The van der Waals surface area contributed by atoms with Crippen LogP contribution < -0.4 is 5.32 Å². The number of carbonyl (C=O) groups is 1. The number of amides is 1. The van der Waals surface area contributed by atoms with Crippen molar-refractivity contribution in [2.75, 3.05) is 19.0 Å². The standard InChI is InChI=1S/C20H30N2O4S/c1-4-5-15-26-16(2)20(23)21-17-11-13-19(14-12-17)27(24,25)22(3)18-9-7-6-8-10-18/h4,11-14,16,18H,1,5-10,15H2,2-3H3,(H,21,23). The monoisotopic (exact) mass is 394 g/mol. The minimum atomic E-state index is -3.53. The highest BCUT2D eigenvalue weighted by atomic mass is 32.2. The lowest BCUT2D eigenvalue weighted by atomic mass is 9.96. The zero-order valence-corrected chi connectivity index (χ0v) is 17.0. The molecular weight excluding hydrogens is 364 g/mol. The molecule has 2 rings (SSSR count). The molecule has 0 spiro atoms. The van der Waals surface area contributed by atoms with Crippen LogP contribution in [0.4, 0.5) is 5.69 Å². The molecular formula is C20H30N2O4S. The van der Waals surface area contributed by atoms with Gasteiger partial charge in [-0.15, -0.1) is 6.58 Å². The van der Waals surface area contributed by atoms with Gasteiger partial charge in [-0.25, -0.2) is 8.42 Å². The maximum Gasteiger partial charge on any atom is 0.253 e. The quantitative estimate of drug-likeness (QED) is 0.513. The minimum Gasteiger partial charge on any atom is -0.368 e. The topological polar surface area (TPSA) is 75.7 Å². The van der Waals surface area contributed by atoms with Gasteiger partial charge >= 0.3 is 0 Å². The molecule has 1 N–H and O–H groups in total. The molecule has 0 aromatic heterocycles. The summed E-state index contributed by atoms with van der Waals surface area (Å²) >= 11 is 0. The first-order chi connectivity index (χ1) is 12.9. The summed E-state index contributed by atoms with van der Waals surface area (Å²) in [6, 6.07) is 6.35. The zero-order chi connectivity index (χ0) is 19.9.